The molecule has 0 aliphatic heterocycles. The number of hydrogen-bond acceptors (Lipinski definition) is 0. The molecule has 12 heavy (non-hydrogen) atoms. The smallest absolute Gasteiger partial charge is 0.0485 e. The zero-order valence-electron chi connectivity index (χ0n) is 6.45. The van der Waals surface area contributed by atoms with Crippen molar-refractivity contribution < 1.29 is 0 Å². The molecule has 0 saturated carbocycles. The van der Waals surface area contributed by atoms with Gasteiger partial charge in [-0.15, -0.1) is 58.0 Å². The fourth-order valence-electron chi connectivity index (χ4n) is 0.777. The van der Waals surface area contributed by atoms with E-state index in [0.29, 0.717) is 24.6 Å². The molecular formula is C7H11Cl5. The highest BCUT2D eigenvalue weighted by Gasteiger charge is 2.15. The molecule has 2 unspecified atom stereocenters. The highest BCUT2D eigenvalue weighted by molar-refractivity contribution is 6.30. The van der Waals surface area contributed by atoms with E-state index in [0.717, 1.165) is 0 Å². The van der Waals surface area contributed by atoms with Crippen molar-refractivity contribution in [1.82, 2.24) is 0 Å². The Labute approximate surface area is 98.4 Å². The SMILES string of the molecule is ClCC(Cl)CC(Cl)CC(Cl)CCl. The number of alkyl halides is 5. The van der Waals surface area contributed by atoms with Crippen LogP contribution in [0.25, 0.3) is 0 Å². The average molecular weight is 272 g/mol. The topological polar surface area (TPSA) is 0 Å². The highest BCUT2D eigenvalue weighted by atomic mass is 35.5. The van der Waals surface area contributed by atoms with Gasteiger partial charge < -0.3 is 0 Å². The molecule has 0 aromatic rings. The summed E-state index contributed by atoms with van der Waals surface area (Å²) in [5.41, 5.74) is 0. The Kier molecular flexibility index (Phi) is 8.76. The fourth-order valence-corrected chi connectivity index (χ4v) is 2.07. The minimum Gasteiger partial charge on any atom is -0.125 e. The van der Waals surface area contributed by atoms with Gasteiger partial charge in [0.25, 0.3) is 0 Å². The van der Waals surface area contributed by atoms with E-state index in [2.05, 4.69) is 0 Å². The van der Waals surface area contributed by atoms with Crippen LogP contribution < -0.4 is 0 Å². The number of halogens is 5. The predicted molar refractivity (Wildman–Crippen MR) is 59.6 cm³/mol. The van der Waals surface area contributed by atoms with Crippen LogP contribution in [0.4, 0.5) is 0 Å². The van der Waals surface area contributed by atoms with Crippen molar-refractivity contribution in [1.29, 1.82) is 0 Å². The minimum atomic E-state index is -0.0756. The average Bonchev–Trinajstić information content (AvgIpc) is 2.03. The highest BCUT2D eigenvalue weighted by Crippen LogP contribution is 2.19. The Morgan fingerprint density at radius 3 is 1.25 bits per heavy atom. The molecular weight excluding hydrogens is 261 g/mol. The van der Waals surface area contributed by atoms with Gasteiger partial charge in [-0.25, -0.2) is 0 Å². The first-order chi connectivity index (χ1) is 5.60. The first kappa shape index (κ1) is 13.4. The molecule has 0 spiro atoms. The van der Waals surface area contributed by atoms with Crippen molar-refractivity contribution in [3.63, 3.8) is 0 Å². The van der Waals surface area contributed by atoms with Gasteiger partial charge in [0.2, 0.25) is 0 Å². The largest absolute Gasteiger partial charge is 0.125 e. The summed E-state index contributed by atoms with van der Waals surface area (Å²) in [6, 6.07) is 0. The van der Waals surface area contributed by atoms with Crippen molar-refractivity contribution in [3.05, 3.63) is 0 Å². The maximum atomic E-state index is 5.94. The molecule has 5 heteroatoms. The van der Waals surface area contributed by atoms with Gasteiger partial charge in [-0.05, 0) is 12.8 Å². The molecule has 0 nitrogen and oxygen atoms in total. The molecule has 0 aliphatic rings. The maximum absolute atomic E-state index is 5.94. The van der Waals surface area contributed by atoms with E-state index in [1.807, 2.05) is 0 Å². The summed E-state index contributed by atoms with van der Waals surface area (Å²) in [6.07, 6.45) is 1.35. The molecule has 74 valence electrons. The third-order valence-electron chi connectivity index (χ3n) is 1.36. The zero-order chi connectivity index (χ0) is 9.56. The second-order valence-electron chi connectivity index (χ2n) is 2.57. The van der Waals surface area contributed by atoms with Crippen LogP contribution >= 0.6 is 58.0 Å². The lowest BCUT2D eigenvalue weighted by Crippen LogP contribution is -2.15. The predicted octanol–water partition coefficient (Wildman–Crippen LogP) is 4.07. The van der Waals surface area contributed by atoms with E-state index in [-0.39, 0.29) is 16.1 Å². The monoisotopic (exact) mass is 270 g/mol. The van der Waals surface area contributed by atoms with Crippen LogP contribution in [0.5, 0.6) is 0 Å². The minimum absolute atomic E-state index is 0.0347. The Hall–Kier alpha value is 1.45. The van der Waals surface area contributed by atoms with Crippen LogP contribution in [0.2, 0.25) is 0 Å². The van der Waals surface area contributed by atoms with E-state index >= 15 is 0 Å². The van der Waals surface area contributed by atoms with Crippen molar-refractivity contribution in [2.45, 2.75) is 29.0 Å². The van der Waals surface area contributed by atoms with Gasteiger partial charge in [0.15, 0.2) is 0 Å². The summed E-state index contributed by atoms with van der Waals surface area (Å²) in [5.74, 6) is 0.831. The van der Waals surface area contributed by atoms with Crippen LogP contribution in [0.15, 0.2) is 0 Å². The van der Waals surface area contributed by atoms with E-state index < -0.39 is 0 Å². The van der Waals surface area contributed by atoms with Crippen molar-refractivity contribution in [3.8, 4) is 0 Å². The first-order valence-corrected chi connectivity index (χ1v) is 6.02. The van der Waals surface area contributed by atoms with E-state index in [1.165, 1.54) is 0 Å². The fraction of sp³-hybridized carbons (Fsp3) is 1.00. The molecule has 0 bridgehead atoms. The molecule has 2 atom stereocenters. The van der Waals surface area contributed by atoms with Gasteiger partial charge in [0.1, 0.15) is 0 Å². The third-order valence-corrected chi connectivity index (χ3v) is 3.44. The summed E-state index contributed by atoms with van der Waals surface area (Å²) < 4.78 is 0. The molecule has 0 aliphatic carbocycles. The van der Waals surface area contributed by atoms with Crippen molar-refractivity contribution in [2.75, 3.05) is 11.8 Å². The van der Waals surface area contributed by atoms with Crippen LogP contribution in [-0.4, -0.2) is 27.9 Å². The Morgan fingerprint density at radius 1 is 0.667 bits per heavy atom. The summed E-state index contributed by atoms with van der Waals surface area (Å²) in [7, 11) is 0. The van der Waals surface area contributed by atoms with Crippen molar-refractivity contribution in [2.24, 2.45) is 0 Å². The van der Waals surface area contributed by atoms with Gasteiger partial charge in [-0.3, -0.25) is 0 Å². The van der Waals surface area contributed by atoms with Gasteiger partial charge in [0, 0.05) is 27.9 Å². The second-order valence-corrected chi connectivity index (χ2v) is 5.04. The second kappa shape index (κ2) is 7.82. The maximum Gasteiger partial charge on any atom is 0.0485 e. The first-order valence-electron chi connectivity index (χ1n) is 3.64. The quantitative estimate of drug-likeness (QED) is 0.640. The van der Waals surface area contributed by atoms with E-state index in [1.54, 1.807) is 0 Å². The Balaban J connectivity index is 3.51. The number of rotatable bonds is 6. The molecule has 0 amide bonds. The normalized spacial score (nSPS) is 18.8. The van der Waals surface area contributed by atoms with Gasteiger partial charge in [0.05, 0.1) is 0 Å². The van der Waals surface area contributed by atoms with Gasteiger partial charge >= 0.3 is 0 Å². The molecule has 0 aromatic carbocycles. The van der Waals surface area contributed by atoms with Crippen LogP contribution in [0.3, 0.4) is 0 Å². The zero-order valence-corrected chi connectivity index (χ0v) is 10.2. The van der Waals surface area contributed by atoms with Crippen LogP contribution in [0, 0.1) is 0 Å². The molecule has 0 N–H and O–H groups in total. The molecule has 0 radical (unpaired) electrons. The molecule has 0 rings (SSSR count). The van der Waals surface area contributed by atoms with Gasteiger partial charge in [-0.2, -0.15) is 0 Å². The number of hydrogen-bond donors (Lipinski definition) is 0. The molecule has 0 heterocycles. The third kappa shape index (κ3) is 6.91. The lowest BCUT2D eigenvalue weighted by atomic mass is 10.1. The molecule has 0 fully saturated rings. The summed E-state index contributed by atoms with van der Waals surface area (Å²) in [5, 5.41) is -0.186. The lowest BCUT2D eigenvalue weighted by Gasteiger charge is -2.13. The lowest BCUT2D eigenvalue weighted by molar-refractivity contribution is 0.678. The Morgan fingerprint density at radius 2 is 1.00 bits per heavy atom. The summed E-state index contributed by atoms with van der Waals surface area (Å²) in [4.78, 5) is 0. The molecule has 0 saturated heterocycles. The summed E-state index contributed by atoms with van der Waals surface area (Å²) >= 11 is 28.6. The van der Waals surface area contributed by atoms with E-state index in [4.69, 9.17) is 58.0 Å². The summed E-state index contributed by atoms with van der Waals surface area (Å²) in [6.45, 7) is 0. The van der Waals surface area contributed by atoms with Gasteiger partial charge in [-0.1, -0.05) is 0 Å². The Bertz CT molecular complexity index is 96.0. The van der Waals surface area contributed by atoms with Crippen LogP contribution in [-0.2, 0) is 0 Å². The van der Waals surface area contributed by atoms with E-state index in [9.17, 15) is 0 Å². The van der Waals surface area contributed by atoms with Crippen molar-refractivity contribution >= 4 is 58.0 Å². The molecule has 0 aromatic heterocycles. The van der Waals surface area contributed by atoms with Crippen LogP contribution in [0.1, 0.15) is 12.8 Å². The standard InChI is InChI=1S/C7H11Cl5/c8-3-6(11)1-5(10)2-7(12)4-9/h5-7H,1-4H2.